The average molecular weight is 286 g/mol. The Morgan fingerprint density at radius 2 is 2.32 bits per heavy atom. The lowest BCUT2D eigenvalue weighted by molar-refractivity contribution is 0.105. The van der Waals surface area contributed by atoms with Crippen molar-refractivity contribution in [3.05, 3.63) is 21.6 Å². The average Bonchev–Trinajstić information content (AvgIpc) is 2.65. The van der Waals surface area contributed by atoms with Crippen molar-refractivity contribution in [1.29, 1.82) is 0 Å². The second-order valence-corrected chi connectivity index (χ2v) is 5.90. The minimum atomic E-state index is -0.267. The maximum atomic E-state index is 12.1. The van der Waals surface area contributed by atoms with E-state index in [1.54, 1.807) is 6.20 Å². The number of aromatic nitrogens is 2. The lowest BCUT2D eigenvalue weighted by atomic mass is 9.94. The number of ether oxygens (including phenoxy) is 1. The molecule has 0 saturated carbocycles. The van der Waals surface area contributed by atoms with Crippen molar-refractivity contribution in [2.24, 2.45) is 0 Å². The van der Waals surface area contributed by atoms with Crippen LogP contribution >= 0.6 is 11.6 Å². The van der Waals surface area contributed by atoms with E-state index in [0.29, 0.717) is 12.3 Å². The summed E-state index contributed by atoms with van der Waals surface area (Å²) in [4.78, 5) is 12.1. The molecule has 1 aromatic rings. The van der Waals surface area contributed by atoms with Crippen LogP contribution in [0.15, 0.2) is 11.0 Å². The van der Waals surface area contributed by atoms with Crippen LogP contribution in [0.4, 0.5) is 5.69 Å². The predicted octanol–water partition coefficient (Wildman–Crippen LogP) is 2.46. The molecule has 0 aromatic carbocycles. The van der Waals surface area contributed by atoms with Crippen molar-refractivity contribution < 1.29 is 4.74 Å². The summed E-state index contributed by atoms with van der Waals surface area (Å²) in [5.74, 6) is 0. The van der Waals surface area contributed by atoms with Gasteiger partial charge in [0.25, 0.3) is 5.56 Å². The molecule has 0 radical (unpaired) electrons. The quantitative estimate of drug-likeness (QED) is 0.927. The standard InChI is InChI=1S/C13H20ClN3O2/c1-8(2)17-12(18)11(14)10(7-15-17)16-13(4)5-6-19-9(13)3/h7-9,16H,5-6H2,1-4H3. The fraction of sp³-hybridized carbons (Fsp3) is 0.692. The second-order valence-electron chi connectivity index (χ2n) is 5.52. The lowest BCUT2D eigenvalue weighted by Gasteiger charge is -2.30. The Balaban J connectivity index is 2.32. The highest BCUT2D eigenvalue weighted by molar-refractivity contribution is 6.32. The van der Waals surface area contributed by atoms with Crippen molar-refractivity contribution >= 4 is 17.3 Å². The van der Waals surface area contributed by atoms with E-state index in [4.69, 9.17) is 16.3 Å². The molecule has 2 atom stereocenters. The van der Waals surface area contributed by atoms with E-state index in [1.165, 1.54) is 4.68 Å². The number of nitrogens with one attached hydrogen (secondary N) is 1. The summed E-state index contributed by atoms with van der Waals surface area (Å²) in [5.41, 5.74) is 0.0853. The number of halogens is 1. The van der Waals surface area contributed by atoms with E-state index in [2.05, 4.69) is 17.3 Å². The molecular formula is C13H20ClN3O2. The molecular weight excluding hydrogens is 266 g/mol. The lowest BCUT2D eigenvalue weighted by Crippen LogP contribution is -2.42. The highest BCUT2D eigenvalue weighted by Gasteiger charge is 2.37. The van der Waals surface area contributed by atoms with Gasteiger partial charge in [0.1, 0.15) is 5.02 Å². The number of nitrogens with zero attached hydrogens (tertiary/aromatic N) is 2. The Morgan fingerprint density at radius 1 is 1.63 bits per heavy atom. The Morgan fingerprint density at radius 3 is 2.84 bits per heavy atom. The zero-order valence-electron chi connectivity index (χ0n) is 11.7. The number of hydrogen-bond acceptors (Lipinski definition) is 4. The Kier molecular flexibility index (Phi) is 3.87. The summed E-state index contributed by atoms with van der Waals surface area (Å²) in [7, 11) is 0. The molecule has 19 heavy (non-hydrogen) atoms. The molecule has 1 saturated heterocycles. The van der Waals surface area contributed by atoms with Crippen LogP contribution in [0.2, 0.25) is 5.02 Å². The first-order valence-corrected chi connectivity index (χ1v) is 6.90. The molecule has 2 heterocycles. The largest absolute Gasteiger partial charge is 0.376 e. The Hall–Kier alpha value is -1.07. The van der Waals surface area contributed by atoms with Gasteiger partial charge in [-0.3, -0.25) is 4.79 Å². The Bertz CT molecular complexity index is 529. The highest BCUT2D eigenvalue weighted by atomic mass is 35.5. The van der Waals surface area contributed by atoms with E-state index < -0.39 is 0 Å². The SMILES string of the molecule is CC(C)n1ncc(NC2(C)CCOC2C)c(Cl)c1=O. The van der Waals surface area contributed by atoms with Crippen LogP contribution in [0, 0.1) is 0 Å². The molecule has 1 aromatic heterocycles. The molecule has 2 unspecified atom stereocenters. The summed E-state index contributed by atoms with van der Waals surface area (Å²) in [6.45, 7) is 8.57. The zero-order valence-corrected chi connectivity index (χ0v) is 12.5. The fourth-order valence-corrected chi connectivity index (χ4v) is 2.39. The van der Waals surface area contributed by atoms with Gasteiger partial charge in [0.2, 0.25) is 0 Å². The Labute approximate surface area is 117 Å². The topological polar surface area (TPSA) is 56.1 Å². The molecule has 0 amide bonds. The van der Waals surface area contributed by atoms with Gasteiger partial charge in [-0.1, -0.05) is 11.6 Å². The molecule has 0 spiro atoms. The number of hydrogen-bond donors (Lipinski definition) is 1. The van der Waals surface area contributed by atoms with E-state index in [-0.39, 0.29) is 28.3 Å². The van der Waals surface area contributed by atoms with Crippen LogP contribution in [0.25, 0.3) is 0 Å². The van der Waals surface area contributed by atoms with E-state index >= 15 is 0 Å². The van der Waals surface area contributed by atoms with Gasteiger partial charge in [-0.25, -0.2) is 4.68 Å². The van der Waals surface area contributed by atoms with Crippen LogP contribution in [0.3, 0.4) is 0 Å². The molecule has 106 valence electrons. The van der Waals surface area contributed by atoms with Crippen LogP contribution < -0.4 is 10.9 Å². The van der Waals surface area contributed by atoms with Crippen molar-refractivity contribution in [3.63, 3.8) is 0 Å². The minimum absolute atomic E-state index is 0.0108. The summed E-state index contributed by atoms with van der Waals surface area (Å²) in [6.07, 6.45) is 2.55. The molecule has 6 heteroatoms. The maximum Gasteiger partial charge on any atom is 0.287 e. The van der Waals surface area contributed by atoms with Crippen molar-refractivity contribution in [2.75, 3.05) is 11.9 Å². The summed E-state index contributed by atoms with van der Waals surface area (Å²) < 4.78 is 6.94. The molecule has 1 N–H and O–H groups in total. The van der Waals surface area contributed by atoms with E-state index in [9.17, 15) is 4.79 Å². The van der Waals surface area contributed by atoms with Crippen LogP contribution in [0.1, 0.15) is 40.2 Å². The van der Waals surface area contributed by atoms with Gasteiger partial charge in [-0.2, -0.15) is 5.10 Å². The maximum absolute atomic E-state index is 12.1. The molecule has 5 nitrogen and oxygen atoms in total. The van der Waals surface area contributed by atoms with E-state index in [1.807, 2.05) is 20.8 Å². The van der Waals surface area contributed by atoms with Gasteiger partial charge in [-0.15, -0.1) is 0 Å². The first-order valence-electron chi connectivity index (χ1n) is 6.52. The van der Waals surface area contributed by atoms with Gasteiger partial charge in [-0.05, 0) is 34.1 Å². The molecule has 1 aliphatic rings. The smallest absolute Gasteiger partial charge is 0.287 e. The summed E-state index contributed by atoms with van der Waals surface area (Å²) in [6, 6.07) is -0.0108. The van der Waals surface area contributed by atoms with Crippen LogP contribution in [-0.4, -0.2) is 28.0 Å². The predicted molar refractivity (Wildman–Crippen MR) is 76.0 cm³/mol. The summed E-state index contributed by atoms with van der Waals surface area (Å²) in [5, 5.41) is 7.65. The van der Waals surface area contributed by atoms with Gasteiger partial charge < -0.3 is 10.1 Å². The van der Waals surface area contributed by atoms with Crippen molar-refractivity contribution in [1.82, 2.24) is 9.78 Å². The van der Waals surface area contributed by atoms with Gasteiger partial charge in [0.05, 0.1) is 29.6 Å². The van der Waals surface area contributed by atoms with Crippen molar-refractivity contribution in [3.8, 4) is 0 Å². The third kappa shape index (κ3) is 2.62. The highest BCUT2D eigenvalue weighted by Crippen LogP contribution is 2.31. The zero-order chi connectivity index (χ0) is 14.2. The molecule has 0 bridgehead atoms. The van der Waals surface area contributed by atoms with Crippen LogP contribution in [0.5, 0.6) is 0 Å². The molecule has 2 rings (SSSR count). The second kappa shape index (κ2) is 5.13. The van der Waals surface area contributed by atoms with Crippen LogP contribution in [-0.2, 0) is 4.74 Å². The van der Waals surface area contributed by atoms with E-state index in [0.717, 1.165) is 6.42 Å². The van der Waals surface area contributed by atoms with Gasteiger partial charge >= 0.3 is 0 Å². The number of rotatable bonds is 3. The molecule has 1 fully saturated rings. The third-order valence-corrected chi connectivity index (χ3v) is 4.10. The van der Waals surface area contributed by atoms with Crippen molar-refractivity contribution in [2.45, 2.75) is 51.8 Å². The fourth-order valence-electron chi connectivity index (χ4n) is 2.21. The first kappa shape index (κ1) is 14.3. The first-order chi connectivity index (χ1) is 8.85. The molecule has 1 aliphatic heterocycles. The minimum Gasteiger partial charge on any atom is -0.376 e. The monoisotopic (exact) mass is 285 g/mol. The normalized spacial score (nSPS) is 26.9. The summed E-state index contributed by atoms with van der Waals surface area (Å²) >= 11 is 6.15. The molecule has 0 aliphatic carbocycles. The van der Waals surface area contributed by atoms with Gasteiger partial charge in [0, 0.05) is 6.61 Å². The van der Waals surface area contributed by atoms with Gasteiger partial charge in [0.15, 0.2) is 0 Å². The third-order valence-electron chi connectivity index (χ3n) is 3.74. The number of anilines is 1.